The number of carbonyl (C=O) groups excluding carboxylic acids is 1. The molecule has 1 saturated heterocycles. The van der Waals surface area contributed by atoms with Gasteiger partial charge in [0, 0.05) is 98.7 Å². The number of hydrogen-bond acceptors (Lipinski definition) is 8. The van der Waals surface area contributed by atoms with E-state index in [0.29, 0.717) is 17.9 Å². The van der Waals surface area contributed by atoms with Gasteiger partial charge in [-0.2, -0.15) is 10.2 Å². The van der Waals surface area contributed by atoms with Crippen molar-refractivity contribution >= 4 is 28.5 Å². The van der Waals surface area contributed by atoms with Crippen LogP contribution in [0.5, 0.6) is 0 Å². The smallest absolute Gasteiger partial charge is 0.356 e. The molecule has 0 radical (unpaired) electrons. The second-order valence-electron chi connectivity index (χ2n) is 13.2. The van der Waals surface area contributed by atoms with Gasteiger partial charge in [-0.3, -0.25) is 19.1 Å². The average molecular weight is 618 g/mol. The fourth-order valence-corrected chi connectivity index (χ4v) is 7.71. The molecule has 234 valence electrons. The van der Waals surface area contributed by atoms with Crippen molar-refractivity contribution in [3.63, 3.8) is 0 Å². The third kappa shape index (κ3) is 4.88. The number of carboxylic acids is 1. The van der Waals surface area contributed by atoms with Crippen LogP contribution < -0.4 is 4.90 Å². The third-order valence-corrected chi connectivity index (χ3v) is 10.1. The Bertz CT molecular complexity index is 1980. The number of carbonyl (C=O) groups is 2. The van der Waals surface area contributed by atoms with Crippen molar-refractivity contribution < 1.29 is 14.7 Å². The van der Waals surface area contributed by atoms with Crippen LogP contribution >= 0.6 is 0 Å². The Labute approximate surface area is 265 Å². The Morgan fingerprint density at radius 3 is 2.70 bits per heavy atom. The number of fused-ring (bicyclic) bond motifs is 2. The Morgan fingerprint density at radius 2 is 1.93 bits per heavy atom. The number of aryl methyl sites for hydroxylation is 2. The van der Waals surface area contributed by atoms with Gasteiger partial charge in [-0.15, -0.1) is 10.2 Å². The van der Waals surface area contributed by atoms with E-state index in [9.17, 15) is 9.59 Å². The summed E-state index contributed by atoms with van der Waals surface area (Å²) >= 11 is 0. The Balaban J connectivity index is 0.908. The average Bonchev–Trinajstić information content (AvgIpc) is 3.63. The predicted octanol–water partition coefficient (Wildman–Crippen LogP) is 4.20. The van der Waals surface area contributed by atoms with Crippen molar-refractivity contribution in [2.24, 2.45) is 18.4 Å². The molecule has 46 heavy (non-hydrogen) atoms. The van der Waals surface area contributed by atoms with Gasteiger partial charge < -0.3 is 14.9 Å². The molecule has 1 saturated carbocycles. The number of amides is 1. The van der Waals surface area contributed by atoms with Crippen molar-refractivity contribution in [1.82, 2.24) is 39.6 Å². The van der Waals surface area contributed by atoms with Crippen LogP contribution in [0, 0.1) is 11.3 Å². The van der Waals surface area contributed by atoms with Crippen LogP contribution in [-0.4, -0.2) is 76.3 Å². The minimum absolute atomic E-state index is 0.0299. The summed E-state index contributed by atoms with van der Waals surface area (Å²) in [4.78, 5) is 32.1. The first kappa shape index (κ1) is 28.4. The first-order chi connectivity index (χ1) is 22.2. The number of aromatic carboxylic acids is 1. The van der Waals surface area contributed by atoms with Crippen molar-refractivity contribution in [2.45, 2.75) is 45.7 Å². The molecule has 3 aliphatic rings. The summed E-state index contributed by atoms with van der Waals surface area (Å²) in [5.74, 6) is 0.452. The highest BCUT2D eigenvalue weighted by Crippen LogP contribution is 2.53. The molecule has 1 N–H and O–H groups in total. The number of aromatic nitrogens is 7. The first-order valence-corrected chi connectivity index (χ1v) is 15.8. The van der Waals surface area contributed by atoms with E-state index in [1.807, 2.05) is 33.7 Å². The van der Waals surface area contributed by atoms with Gasteiger partial charge in [0.2, 0.25) is 5.91 Å². The van der Waals surface area contributed by atoms with E-state index < -0.39 is 5.97 Å². The molecule has 12 nitrogen and oxygen atoms in total. The molecule has 0 unspecified atom stereocenters. The normalized spacial score (nSPS) is 17.2. The lowest BCUT2D eigenvalue weighted by molar-refractivity contribution is -0.129. The first-order valence-electron chi connectivity index (χ1n) is 15.8. The zero-order valence-corrected chi connectivity index (χ0v) is 25.9. The number of nitrogens with zero attached hydrogens (tertiary/aromatic N) is 9. The van der Waals surface area contributed by atoms with E-state index in [1.54, 1.807) is 13.0 Å². The van der Waals surface area contributed by atoms with Gasteiger partial charge in [-0.05, 0) is 48.8 Å². The molecule has 12 heteroatoms. The Morgan fingerprint density at radius 1 is 1.09 bits per heavy atom. The number of anilines is 1. The lowest BCUT2D eigenvalue weighted by Gasteiger charge is -2.59. The van der Waals surface area contributed by atoms with Gasteiger partial charge >= 0.3 is 5.97 Å². The van der Waals surface area contributed by atoms with Crippen LogP contribution in [0.2, 0.25) is 0 Å². The summed E-state index contributed by atoms with van der Waals surface area (Å²) in [6.45, 7) is 5.70. The molecule has 1 aromatic carbocycles. The molecule has 4 aromatic heterocycles. The van der Waals surface area contributed by atoms with E-state index in [0.717, 1.165) is 83.7 Å². The molecule has 1 spiro atoms. The molecule has 6 heterocycles. The van der Waals surface area contributed by atoms with E-state index >= 15 is 0 Å². The molecular formula is C34H35N9O3. The largest absolute Gasteiger partial charge is 0.476 e. The van der Waals surface area contributed by atoms with E-state index in [1.165, 1.54) is 24.6 Å². The maximum absolute atomic E-state index is 12.1. The summed E-state index contributed by atoms with van der Waals surface area (Å²) in [6.07, 6.45) is 10.2. The highest BCUT2D eigenvalue weighted by Gasteiger charge is 2.52. The molecule has 1 aliphatic carbocycles. The quantitative estimate of drug-likeness (QED) is 0.285. The number of pyridine rings is 1. The second-order valence-corrected chi connectivity index (χ2v) is 13.2. The van der Waals surface area contributed by atoms with Gasteiger partial charge in [0.05, 0.1) is 17.6 Å². The number of benzene rings is 1. The van der Waals surface area contributed by atoms with E-state index in [4.69, 9.17) is 15.2 Å². The molecule has 8 rings (SSSR count). The summed E-state index contributed by atoms with van der Waals surface area (Å²) < 4.78 is 3.98. The van der Waals surface area contributed by atoms with Gasteiger partial charge in [-0.1, -0.05) is 18.2 Å². The molecule has 5 aromatic rings. The number of rotatable bonds is 7. The fraction of sp³-hybridized carbons (Fsp3) is 0.382. The monoisotopic (exact) mass is 617 g/mol. The maximum atomic E-state index is 12.1. The Hall–Kier alpha value is -5.13. The molecule has 2 aliphatic heterocycles. The molecular weight excluding hydrogens is 582 g/mol. The van der Waals surface area contributed by atoms with Crippen molar-refractivity contribution in [3.05, 3.63) is 71.9 Å². The number of carboxylic acid groups (broad SMARTS) is 1. The summed E-state index contributed by atoms with van der Waals surface area (Å²) in [5, 5.41) is 28.6. The highest BCUT2D eigenvalue weighted by atomic mass is 16.4. The van der Waals surface area contributed by atoms with Gasteiger partial charge in [0.15, 0.2) is 11.5 Å². The minimum atomic E-state index is -1.06. The van der Waals surface area contributed by atoms with Crippen molar-refractivity contribution in [3.8, 4) is 22.5 Å². The topological polar surface area (TPSA) is 135 Å². The zero-order chi connectivity index (χ0) is 31.6. The van der Waals surface area contributed by atoms with Gasteiger partial charge in [0.25, 0.3) is 0 Å². The highest BCUT2D eigenvalue weighted by molar-refractivity contribution is 5.97. The molecule has 1 amide bonds. The fourth-order valence-electron chi connectivity index (χ4n) is 7.71. The third-order valence-electron chi connectivity index (χ3n) is 10.1. The SMILES string of the molecule is CC(=O)N1CCc2c(c(-c3cccc4cc(-c5cnn(CCC6CC7(C6)CN(c6ccc(C(=O)O)nn6)C7)c5)ncc34)nn2C)C1. The van der Waals surface area contributed by atoms with Crippen LogP contribution in [0.25, 0.3) is 33.3 Å². The summed E-state index contributed by atoms with van der Waals surface area (Å²) in [7, 11) is 1.98. The van der Waals surface area contributed by atoms with E-state index in [2.05, 4.69) is 50.7 Å². The van der Waals surface area contributed by atoms with Crippen molar-refractivity contribution in [2.75, 3.05) is 24.5 Å². The zero-order valence-electron chi connectivity index (χ0n) is 25.9. The standard InChI is InChI=1S/C34H35N9O3/c1-21(44)41-10-9-30-27(18-41)32(39-40(30)2)25-5-3-4-23-12-29(35-16-26(23)25)24-15-36-43(17-24)11-8-22-13-34(14-22)19-42(20-34)31-7-6-28(33(45)46)37-38-31/h3-7,12,15-17,22H,8-11,13-14,18-20H2,1-2H3,(H,45,46). The van der Waals surface area contributed by atoms with Crippen molar-refractivity contribution in [1.29, 1.82) is 0 Å². The number of hydrogen-bond donors (Lipinski definition) is 1. The van der Waals surface area contributed by atoms with Crippen LogP contribution in [0.1, 0.15) is 47.9 Å². The van der Waals surface area contributed by atoms with E-state index in [-0.39, 0.29) is 11.6 Å². The van der Waals surface area contributed by atoms with Gasteiger partial charge in [0.1, 0.15) is 0 Å². The lowest BCUT2D eigenvalue weighted by atomic mass is 9.57. The van der Waals surface area contributed by atoms with Crippen LogP contribution in [-0.2, 0) is 31.4 Å². The summed E-state index contributed by atoms with van der Waals surface area (Å²) in [5.41, 5.74) is 6.47. The lowest BCUT2D eigenvalue weighted by Crippen LogP contribution is -2.62. The van der Waals surface area contributed by atoms with Crippen LogP contribution in [0.15, 0.2) is 55.0 Å². The van der Waals surface area contributed by atoms with Crippen LogP contribution in [0.3, 0.4) is 0 Å². The predicted molar refractivity (Wildman–Crippen MR) is 171 cm³/mol. The molecule has 0 bridgehead atoms. The minimum Gasteiger partial charge on any atom is -0.476 e. The Kier molecular flexibility index (Phi) is 6.62. The molecule has 0 atom stereocenters. The molecule has 2 fully saturated rings. The summed E-state index contributed by atoms with van der Waals surface area (Å²) in [6, 6.07) is 11.6. The second kappa shape index (κ2) is 10.7. The maximum Gasteiger partial charge on any atom is 0.356 e. The van der Waals surface area contributed by atoms with Crippen LogP contribution in [0.4, 0.5) is 5.82 Å². The van der Waals surface area contributed by atoms with Gasteiger partial charge in [-0.25, -0.2) is 4.79 Å².